The lowest BCUT2D eigenvalue weighted by atomic mass is 9.92. The van der Waals surface area contributed by atoms with Gasteiger partial charge in [-0.1, -0.05) is 30.3 Å². The van der Waals surface area contributed by atoms with Crippen molar-refractivity contribution in [1.29, 1.82) is 0 Å². The Labute approximate surface area is 101 Å². The zero-order valence-corrected chi connectivity index (χ0v) is 9.61. The Balaban J connectivity index is 1.87. The fraction of sp³-hybridized carbons (Fsp3) is 0.267. The van der Waals surface area contributed by atoms with Gasteiger partial charge in [0.1, 0.15) is 5.76 Å². The van der Waals surface area contributed by atoms with E-state index in [0.29, 0.717) is 6.42 Å². The molecular weight excluding hydrogens is 212 g/mol. The van der Waals surface area contributed by atoms with Crippen LogP contribution in [0.25, 0.3) is 6.08 Å². The Kier molecular flexibility index (Phi) is 2.56. The van der Waals surface area contributed by atoms with Crippen LogP contribution in [0.4, 0.5) is 0 Å². The normalized spacial score (nSPS) is 21.1. The van der Waals surface area contributed by atoms with Crippen molar-refractivity contribution in [2.75, 3.05) is 0 Å². The smallest absolute Gasteiger partial charge is 0.311 e. The molecule has 1 heterocycles. The third-order valence-corrected chi connectivity index (χ3v) is 3.25. The molecule has 0 amide bonds. The summed E-state index contributed by atoms with van der Waals surface area (Å²) < 4.78 is 5.13. The zero-order chi connectivity index (χ0) is 11.7. The van der Waals surface area contributed by atoms with E-state index in [2.05, 4.69) is 30.3 Å². The van der Waals surface area contributed by atoms with Crippen LogP contribution in [0.5, 0.6) is 0 Å². The van der Waals surface area contributed by atoms with E-state index in [1.165, 1.54) is 16.7 Å². The number of benzene rings is 1. The molecule has 0 N–H and O–H groups in total. The lowest BCUT2D eigenvalue weighted by Gasteiger charge is -2.14. The van der Waals surface area contributed by atoms with Gasteiger partial charge in [0, 0.05) is 6.42 Å². The van der Waals surface area contributed by atoms with Crippen LogP contribution in [0.2, 0.25) is 0 Å². The largest absolute Gasteiger partial charge is 0.431 e. The van der Waals surface area contributed by atoms with Gasteiger partial charge in [-0.05, 0) is 35.6 Å². The van der Waals surface area contributed by atoms with Gasteiger partial charge >= 0.3 is 5.97 Å². The molecule has 0 aromatic heterocycles. The summed E-state index contributed by atoms with van der Waals surface area (Å²) in [7, 11) is 0. The van der Waals surface area contributed by atoms with Gasteiger partial charge < -0.3 is 4.74 Å². The van der Waals surface area contributed by atoms with Crippen molar-refractivity contribution >= 4 is 12.0 Å². The summed E-state index contributed by atoms with van der Waals surface area (Å²) in [5.41, 5.74) is 3.95. The molecule has 86 valence electrons. The molecule has 2 aliphatic rings. The summed E-state index contributed by atoms with van der Waals surface area (Å²) in [6, 6.07) is 8.44. The number of rotatable bonds is 1. The maximum atomic E-state index is 11.0. The van der Waals surface area contributed by atoms with Crippen LogP contribution >= 0.6 is 0 Å². The highest BCUT2D eigenvalue weighted by Gasteiger charge is 2.18. The van der Waals surface area contributed by atoms with Gasteiger partial charge in [-0.15, -0.1) is 0 Å². The Morgan fingerprint density at radius 1 is 1.06 bits per heavy atom. The molecule has 3 rings (SSSR count). The monoisotopic (exact) mass is 226 g/mol. The third-order valence-electron chi connectivity index (χ3n) is 3.25. The van der Waals surface area contributed by atoms with E-state index < -0.39 is 0 Å². The highest BCUT2D eigenvalue weighted by Crippen LogP contribution is 2.27. The number of allylic oxidation sites excluding steroid dienone is 3. The van der Waals surface area contributed by atoms with Gasteiger partial charge in [0.2, 0.25) is 0 Å². The molecule has 1 saturated heterocycles. The summed E-state index contributed by atoms with van der Waals surface area (Å²) in [5.74, 6) is 0.716. The Morgan fingerprint density at radius 2 is 1.94 bits per heavy atom. The summed E-state index contributed by atoms with van der Waals surface area (Å²) in [6.07, 6.45) is 7.59. The van der Waals surface area contributed by atoms with E-state index in [1.807, 2.05) is 6.08 Å². The van der Waals surface area contributed by atoms with Crippen LogP contribution in [0.15, 0.2) is 41.7 Å². The molecule has 0 saturated carbocycles. The number of esters is 1. The van der Waals surface area contributed by atoms with Crippen molar-refractivity contribution in [1.82, 2.24) is 0 Å². The van der Waals surface area contributed by atoms with E-state index in [-0.39, 0.29) is 5.97 Å². The predicted molar refractivity (Wildman–Crippen MR) is 66.1 cm³/mol. The highest BCUT2D eigenvalue weighted by atomic mass is 16.5. The molecule has 1 fully saturated rings. The van der Waals surface area contributed by atoms with Crippen molar-refractivity contribution in [3.05, 3.63) is 52.8 Å². The minimum absolute atomic E-state index is 0.104. The van der Waals surface area contributed by atoms with Crippen molar-refractivity contribution in [2.45, 2.75) is 25.7 Å². The quantitative estimate of drug-likeness (QED) is 0.687. The molecule has 0 spiro atoms. The van der Waals surface area contributed by atoms with E-state index in [4.69, 9.17) is 4.74 Å². The topological polar surface area (TPSA) is 26.3 Å². The van der Waals surface area contributed by atoms with Gasteiger partial charge in [0.05, 0.1) is 6.42 Å². The van der Waals surface area contributed by atoms with Gasteiger partial charge in [0.15, 0.2) is 0 Å². The molecule has 2 heteroatoms. The van der Waals surface area contributed by atoms with Crippen molar-refractivity contribution in [2.24, 2.45) is 0 Å². The Morgan fingerprint density at radius 3 is 2.76 bits per heavy atom. The van der Waals surface area contributed by atoms with E-state index in [0.717, 1.165) is 25.0 Å². The molecule has 0 unspecified atom stereocenters. The summed E-state index contributed by atoms with van der Waals surface area (Å²) >= 11 is 0. The Hall–Kier alpha value is -1.83. The lowest BCUT2D eigenvalue weighted by molar-refractivity contribution is -0.135. The minimum Gasteiger partial charge on any atom is -0.431 e. The summed E-state index contributed by atoms with van der Waals surface area (Å²) in [5, 5.41) is 0. The number of aryl methyl sites for hydroxylation is 1. The average molecular weight is 226 g/mol. The first-order chi connectivity index (χ1) is 8.31. The first kappa shape index (κ1) is 10.3. The average Bonchev–Trinajstić information content (AvgIpc) is 2.75. The van der Waals surface area contributed by atoms with Crippen LogP contribution in [0.1, 0.15) is 30.4 Å². The van der Waals surface area contributed by atoms with Crippen LogP contribution in [-0.4, -0.2) is 5.97 Å². The number of hydrogen-bond donors (Lipinski definition) is 0. The van der Waals surface area contributed by atoms with Crippen molar-refractivity contribution < 1.29 is 9.53 Å². The number of carbonyl (C=O) groups excluding carboxylic acids is 1. The van der Waals surface area contributed by atoms with Crippen LogP contribution in [0, 0.1) is 0 Å². The molecule has 2 nitrogen and oxygen atoms in total. The standard InChI is InChI=1S/C15H14O2/c16-15-8-7-14(17-15)10-11-5-6-12-3-1-2-4-13(12)9-11/h1-4,9-10H,5-8H2/b14-10+. The molecule has 0 radical (unpaired) electrons. The van der Waals surface area contributed by atoms with Crippen LogP contribution < -0.4 is 0 Å². The fourth-order valence-electron chi connectivity index (χ4n) is 2.35. The fourth-order valence-corrected chi connectivity index (χ4v) is 2.35. The van der Waals surface area contributed by atoms with Gasteiger partial charge in [-0.2, -0.15) is 0 Å². The second-order valence-corrected chi connectivity index (χ2v) is 4.50. The first-order valence-corrected chi connectivity index (χ1v) is 6.01. The van der Waals surface area contributed by atoms with Gasteiger partial charge in [0.25, 0.3) is 0 Å². The zero-order valence-electron chi connectivity index (χ0n) is 9.61. The first-order valence-electron chi connectivity index (χ1n) is 6.01. The number of carbonyl (C=O) groups is 1. The third kappa shape index (κ3) is 2.16. The predicted octanol–water partition coefficient (Wildman–Crippen LogP) is 3.24. The van der Waals surface area contributed by atoms with E-state index in [1.54, 1.807) is 0 Å². The highest BCUT2D eigenvalue weighted by molar-refractivity contribution is 5.74. The molecule has 1 aliphatic carbocycles. The summed E-state index contributed by atoms with van der Waals surface area (Å²) in [6.45, 7) is 0. The van der Waals surface area contributed by atoms with Crippen LogP contribution in [-0.2, 0) is 16.0 Å². The van der Waals surface area contributed by atoms with Crippen molar-refractivity contribution in [3.63, 3.8) is 0 Å². The Bertz CT molecular complexity index is 523. The van der Waals surface area contributed by atoms with E-state index in [9.17, 15) is 4.79 Å². The second-order valence-electron chi connectivity index (χ2n) is 4.50. The molecule has 0 bridgehead atoms. The van der Waals surface area contributed by atoms with Crippen molar-refractivity contribution in [3.8, 4) is 0 Å². The second kappa shape index (κ2) is 4.21. The number of fused-ring (bicyclic) bond motifs is 1. The molecular formula is C15H14O2. The maximum absolute atomic E-state index is 11.0. The molecule has 1 aromatic carbocycles. The van der Waals surface area contributed by atoms with Gasteiger partial charge in [-0.25, -0.2) is 0 Å². The summed E-state index contributed by atoms with van der Waals surface area (Å²) in [4.78, 5) is 11.0. The van der Waals surface area contributed by atoms with E-state index >= 15 is 0 Å². The van der Waals surface area contributed by atoms with Crippen LogP contribution in [0.3, 0.4) is 0 Å². The number of cyclic esters (lactones) is 1. The molecule has 0 atom stereocenters. The maximum Gasteiger partial charge on any atom is 0.311 e. The number of hydrogen-bond acceptors (Lipinski definition) is 2. The van der Waals surface area contributed by atoms with Gasteiger partial charge in [-0.3, -0.25) is 4.79 Å². The minimum atomic E-state index is -0.104. The molecule has 1 aromatic rings. The SMILES string of the molecule is O=C1CC/C(=C\C2=Cc3ccccc3CC2)O1. The molecule has 1 aliphatic heterocycles. The number of ether oxygens (including phenoxy) is 1. The molecule has 17 heavy (non-hydrogen) atoms. The lowest BCUT2D eigenvalue weighted by Crippen LogP contribution is -1.98.